The van der Waals surface area contributed by atoms with Crippen molar-refractivity contribution in [2.24, 2.45) is 0 Å². The van der Waals surface area contributed by atoms with Gasteiger partial charge in [0.2, 0.25) is 0 Å². The van der Waals surface area contributed by atoms with Gasteiger partial charge in [-0.1, -0.05) is 36.0 Å². The molecule has 1 unspecified atom stereocenters. The van der Waals surface area contributed by atoms with Gasteiger partial charge in [-0.2, -0.15) is 0 Å². The van der Waals surface area contributed by atoms with Crippen LogP contribution in [0.25, 0.3) is 22.5 Å². The number of esters is 1. The van der Waals surface area contributed by atoms with E-state index < -0.39 is 5.60 Å². The average molecular weight is 455 g/mol. The fraction of sp³-hybridized carbons (Fsp3) is 0.333. The van der Waals surface area contributed by atoms with Gasteiger partial charge in [0.05, 0.1) is 31.9 Å². The number of hydrogen-bond acceptors (Lipinski definition) is 7. The van der Waals surface area contributed by atoms with Crippen molar-refractivity contribution in [1.82, 2.24) is 9.97 Å². The summed E-state index contributed by atoms with van der Waals surface area (Å²) in [5, 5.41) is 11.0. The summed E-state index contributed by atoms with van der Waals surface area (Å²) < 4.78 is 16.6. The van der Waals surface area contributed by atoms with Crippen LogP contribution in [0.5, 0.6) is 11.5 Å². The Labute approximate surface area is 191 Å². The zero-order valence-corrected chi connectivity index (χ0v) is 19.1. The minimum absolute atomic E-state index is 0.0187. The number of cyclic esters (lactones) is 1. The number of rotatable bonds is 7. The van der Waals surface area contributed by atoms with Gasteiger partial charge in [0.15, 0.2) is 5.16 Å². The highest BCUT2D eigenvalue weighted by molar-refractivity contribution is 7.99. The van der Waals surface area contributed by atoms with Crippen molar-refractivity contribution in [3.63, 3.8) is 0 Å². The number of aromatic amines is 1. The van der Waals surface area contributed by atoms with Crippen molar-refractivity contribution in [3.05, 3.63) is 48.5 Å². The van der Waals surface area contributed by atoms with Crippen molar-refractivity contribution in [2.75, 3.05) is 20.0 Å². The van der Waals surface area contributed by atoms with E-state index in [1.807, 2.05) is 48.5 Å². The topological polar surface area (TPSA) is 93.7 Å². The minimum atomic E-state index is -1.05. The van der Waals surface area contributed by atoms with Crippen LogP contribution in [0.2, 0.25) is 0 Å². The van der Waals surface area contributed by atoms with Gasteiger partial charge in [-0.25, -0.2) is 4.98 Å². The van der Waals surface area contributed by atoms with Gasteiger partial charge in [-0.3, -0.25) is 4.79 Å². The van der Waals surface area contributed by atoms with Crippen molar-refractivity contribution >= 4 is 17.7 Å². The van der Waals surface area contributed by atoms with E-state index in [2.05, 4.69) is 4.98 Å². The standard InChI is InChI=1S/C24H26N2O5S/c1-24(28)12-15(31-20(27)13-24)14-32-23-25-21(16-8-4-6-10-18(16)29-2)22(26-23)17-9-5-7-11-19(17)30-3/h4-11,15,28H,12-14H2,1-3H3,(H,25,26)/t15-,24?/m0/s1. The molecule has 4 rings (SSSR count). The van der Waals surface area contributed by atoms with Crippen LogP contribution in [0.3, 0.4) is 0 Å². The molecule has 1 aliphatic rings. The highest BCUT2D eigenvalue weighted by Crippen LogP contribution is 2.40. The van der Waals surface area contributed by atoms with Crippen LogP contribution in [0.15, 0.2) is 53.7 Å². The molecule has 0 spiro atoms. The van der Waals surface area contributed by atoms with Crippen LogP contribution >= 0.6 is 11.8 Å². The summed E-state index contributed by atoms with van der Waals surface area (Å²) in [7, 11) is 3.27. The summed E-state index contributed by atoms with van der Waals surface area (Å²) >= 11 is 1.44. The van der Waals surface area contributed by atoms with Crippen LogP contribution in [0, 0.1) is 0 Å². The van der Waals surface area contributed by atoms with Crippen molar-refractivity contribution < 1.29 is 24.1 Å². The quantitative estimate of drug-likeness (QED) is 0.406. The molecule has 0 aliphatic carbocycles. The van der Waals surface area contributed by atoms with Gasteiger partial charge in [0.25, 0.3) is 0 Å². The molecule has 1 fully saturated rings. The summed E-state index contributed by atoms with van der Waals surface area (Å²) in [6, 6.07) is 15.4. The Morgan fingerprint density at radius 1 is 1.12 bits per heavy atom. The number of methoxy groups -OCH3 is 2. The lowest BCUT2D eigenvalue weighted by Gasteiger charge is -2.32. The summed E-state index contributed by atoms with van der Waals surface area (Å²) in [5.41, 5.74) is 2.23. The average Bonchev–Trinajstić information content (AvgIpc) is 3.20. The van der Waals surface area contributed by atoms with Crippen molar-refractivity contribution in [1.29, 1.82) is 0 Å². The van der Waals surface area contributed by atoms with E-state index in [9.17, 15) is 9.90 Å². The Morgan fingerprint density at radius 2 is 1.75 bits per heavy atom. The van der Waals surface area contributed by atoms with E-state index in [0.29, 0.717) is 23.1 Å². The van der Waals surface area contributed by atoms with Crippen molar-refractivity contribution in [3.8, 4) is 34.0 Å². The second kappa shape index (κ2) is 9.26. The smallest absolute Gasteiger partial charge is 0.309 e. The Morgan fingerprint density at radius 3 is 2.41 bits per heavy atom. The van der Waals surface area contributed by atoms with Crippen LogP contribution < -0.4 is 9.47 Å². The Kier molecular flexibility index (Phi) is 6.43. The second-order valence-electron chi connectivity index (χ2n) is 7.97. The fourth-order valence-electron chi connectivity index (χ4n) is 3.91. The lowest BCUT2D eigenvalue weighted by Crippen LogP contribution is -2.41. The second-order valence-corrected chi connectivity index (χ2v) is 8.98. The molecule has 2 atom stereocenters. The van der Waals surface area contributed by atoms with Crippen LogP contribution in [-0.4, -0.2) is 52.7 Å². The molecule has 2 N–H and O–H groups in total. The molecule has 8 heteroatoms. The molecule has 1 saturated heterocycles. The van der Waals surface area contributed by atoms with Crippen LogP contribution in [0.1, 0.15) is 19.8 Å². The molecule has 2 aromatic carbocycles. The van der Waals surface area contributed by atoms with Gasteiger partial charge in [0, 0.05) is 23.3 Å². The highest BCUT2D eigenvalue weighted by Gasteiger charge is 2.36. The monoisotopic (exact) mass is 454 g/mol. The number of hydrogen-bond donors (Lipinski definition) is 2. The third-order valence-corrected chi connectivity index (χ3v) is 6.32. The first-order chi connectivity index (χ1) is 15.4. The zero-order valence-electron chi connectivity index (χ0n) is 18.3. The zero-order chi connectivity index (χ0) is 22.7. The van der Waals surface area contributed by atoms with E-state index in [4.69, 9.17) is 19.2 Å². The van der Waals surface area contributed by atoms with E-state index in [-0.39, 0.29) is 18.5 Å². The Bertz CT molecular complexity index is 1050. The molecule has 32 heavy (non-hydrogen) atoms. The van der Waals surface area contributed by atoms with E-state index in [1.54, 1.807) is 21.1 Å². The third-order valence-electron chi connectivity index (χ3n) is 5.32. The first-order valence-corrected chi connectivity index (χ1v) is 11.3. The first-order valence-electron chi connectivity index (χ1n) is 10.3. The number of benzene rings is 2. The molecule has 0 saturated carbocycles. The molecule has 0 radical (unpaired) electrons. The largest absolute Gasteiger partial charge is 0.496 e. The van der Waals surface area contributed by atoms with E-state index in [1.165, 1.54) is 11.8 Å². The number of thioether (sulfide) groups is 1. The molecule has 1 aromatic heterocycles. The number of aliphatic hydroxyl groups is 1. The lowest BCUT2D eigenvalue weighted by molar-refractivity contribution is -0.165. The molecular formula is C24H26N2O5S. The van der Waals surface area contributed by atoms with Gasteiger partial charge < -0.3 is 24.3 Å². The highest BCUT2D eigenvalue weighted by atomic mass is 32.2. The predicted octanol–water partition coefficient (Wildman–Crippen LogP) is 4.31. The van der Waals surface area contributed by atoms with Crippen LogP contribution in [0.4, 0.5) is 0 Å². The number of aromatic nitrogens is 2. The van der Waals surface area contributed by atoms with Gasteiger partial charge in [-0.05, 0) is 31.2 Å². The molecule has 2 heterocycles. The summed E-state index contributed by atoms with van der Waals surface area (Å²) in [6.45, 7) is 1.66. The SMILES string of the molecule is COc1ccccc1-c1nc(SC[C@@H]2CC(C)(O)CC(=O)O2)[nH]c1-c1ccccc1OC. The summed E-state index contributed by atoms with van der Waals surface area (Å²) in [5.74, 6) is 1.53. The number of ether oxygens (including phenoxy) is 3. The Balaban J connectivity index is 1.69. The number of nitrogens with zero attached hydrogens (tertiary/aromatic N) is 1. The van der Waals surface area contributed by atoms with Gasteiger partial charge in [0.1, 0.15) is 23.3 Å². The van der Waals surface area contributed by atoms with Gasteiger partial charge >= 0.3 is 5.97 Å². The number of imidazole rings is 1. The molecule has 168 valence electrons. The Hall–Kier alpha value is -2.97. The molecular weight excluding hydrogens is 428 g/mol. The molecule has 1 aliphatic heterocycles. The fourth-order valence-corrected chi connectivity index (χ4v) is 4.77. The normalized spacial score (nSPS) is 20.6. The summed E-state index contributed by atoms with van der Waals surface area (Å²) in [6.07, 6.45) is 0.0292. The maximum Gasteiger partial charge on any atom is 0.309 e. The molecule has 0 amide bonds. The lowest BCUT2D eigenvalue weighted by atomic mass is 9.93. The maximum atomic E-state index is 11.8. The van der Waals surface area contributed by atoms with Crippen LogP contribution in [-0.2, 0) is 9.53 Å². The number of nitrogens with one attached hydrogen (secondary N) is 1. The van der Waals surface area contributed by atoms with Gasteiger partial charge in [-0.15, -0.1) is 0 Å². The number of para-hydroxylation sites is 2. The molecule has 0 bridgehead atoms. The summed E-state index contributed by atoms with van der Waals surface area (Å²) in [4.78, 5) is 20.1. The third kappa shape index (κ3) is 4.76. The minimum Gasteiger partial charge on any atom is -0.496 e. The first kappa shape index (κ1) is 22.2. The maximum absolute atomic E-state index is 11.8. The van der Waals surface area contributed by atoms with E-state index in [0.717, 1.165) is 28.3 Å². The van der Waals surface area contributed by atoms with E-state index >= 15 is 0 Å². The number of H-pyrrole nitrogens is 1. The number of carbonyl (C=O) groups excluding carboxylic acids is 1. The molecule has 7 nitrogen and oxygen atoms in total. The van der Waals surface area contributed by atoms with Crippen molar-refractivity contribution in [2.45, 2.75) is 36.6 Å². The predicted molar refractivity (Wildman–Crippen MR) is 123 cm³/mol. The number of carbonyl (C=O) groups is 1. The molecule has 3 aromatic rings.